The molecule has 0 aliphatic rings. The molecular formula is C16H23NO2. The van der Waals surface area contributed by atoms with E-state index in [1.54, 1.807) is 6.08 Å². The Morgan fingerprint density at radius 1 is 1.42 bits per heavy atom. The third-order valence-electron chi connectivity index (χ3n) is 3.04. The molecule has 0 heterocycles. The van der Waals surface area contributed by atoms with Gasteiger partial charge in [-0.15, -0.1) is 0 Å². The molecule has 1 aromatic rings. The van der Waals surface area contributed by atoms with Crippen LogP contribution in [0.15, 0.2) is 24.3 Å². The number of hydrogen-bond donors (Lipinski definition) is 1. The fraction of sp³-hybridized carbons (Fsp3) is 0.438. The van der Waals surface area contributed by atoms with Gasteiger partial charge in [-0.1, -0.05) is 13.0 Å². The molecule has 1 rings (SSSR count). The van der Waals surface area contributed by atoms with Crippen LogP contribution in [-0.4, -0.2) is 23.7 Å². The summed E-state index contributed by atoms with van der Waals surface area (Å²) >= 11 is 0. The van der Waals surface area contributed by atoms with Crippen molar-refractivity contribution >= 4 is 17.7 Å². The standard InChI is InChI=1S/C16H23NO2/c1-5-10-17(12(2)3)15-8-6-14(11-13(15)4)7-9-16(18)19/h6-9,11-12H,5,10H2,1-4H3,(H,18,19). The number of nitrogens with zero attached hydrogens (tertiary/aromatic N) is 1. The van der Waals surface area contributed by atoms with Gasteiger partial charge in [0.1, 0.15) is 0 Å². The van der Waals surface area contributed by atoms with Gasteiger partial charge in [-0.3, -0.25) is 0 Å². The van der Waals surface area contributed by atoms with Gasteiger partial charge in [0.15, 0.2) is 0 Å². The molecule has 0 saturated heterocycles. The van der Waals surface area contributed by atoms with Gasteiger partial charge in [0.25, 0.3) is 0 Å². The van der Waals surface area contributed by atoms with E-state index >= 15 is 0 Å². The second-order valence-corrected chi connectivity index (χ2v) is 5.00. The van der Waals surface area contributed by atoms with Crippen molar-refractivity contribution in [2.75, 3.05) is 11.4 Å². The summed E-state index contributed by atoms with van der Waals surface area (Å²) in [6, 6.07) is 6.53. The Bertz CT molecular complexity index is 464. The van der Waals surface area contributed by atoms with Crippen molar-refractivity contribution in [3.63, 3.8) is 0 Å². The third kappa shape index (κ3) is 4.43. The summed E-state index contributed by atoms with van der Waals surface area (Å²) in [5.74, 6) is -0.920. The zero-order valence-corrected chi connectivity index (χ0v) is 12.2. The zero-order chi connectivity index (χ0) is 14.4. The maximum absolute atomic E-state index is 10.5. The molecule has 0 spiro atoms. The highest BCUT2D eigenvalue weighted by Gasteiger charge is 2.11. The first-order valence-electron chi connectivity index (χ1n) is 6.74. The fourth-order valence-electron chi connectivity index (χ4n) is 2.17. The predicted molar refractivity (Wildman–Crippen MR) is 80.6 cm³/mol. The lowest BCUT2D eigenvalue weighted by Crippen LogP contribution is -2.31. The Balaban J connectivity index is 3.01. The highest BCUT2D eigenvalue weighted by atomic mass is 16.4. The number of carboxylic acids is 1. The van der Waals surface area contributed by atoms with E-state index in [1.165, 1.54) is 17.3 Å². The Labute approximate surface area is 115 Å². The quantitative estimate of drug-likeness (QED) is 0.793. The molecule has 0 radical (unpaired) electrons. The Hall–Kier alpha value is -1.77. The molecule has 19 heavy (non-hydrogen) atoms. The minimum atomic E-state index is -0.920. The molecular weight excluding hydrogens is 238 g/mol. The molecule has 1 N–H and O–H groups in total. The van der Waals surface area contributed by atoms with Crippen LogP contribution in [0.1, 0.15) is 38.3 Å². The van der Waals surface area contributed by atoms with Gasteiger partial charge in [-0.25, -0.2) is 4.79 Å². The predicted octanol–water partition coefficient (Wildman–Crippen LogP) is 3.72. The van der Waals surface area contributed by atoms with Crippen molar-refractivity contribution in [1.29, 1.82) is 0 Å². The van der Waals surface area contributed by atoms with Crippen molar-refractivity contribution in [2.24, 2.45) is 0 Å². The number of anilines is 1. The lowest BCUT2D eigenvalue weighted by atomic mass is 10.1. The molecule has 0 aromatic heterocycles. The van der Waals surface area contributed by atoms with E-state index in [1.807, 2.05) is 12.1 Å². The smallest absolute Gasteiger partial charge is 0.328 e. The molecule has 0 saturated carbocycles. The van der Waals surface area contributed by atoms with Crippen molar-refractivity contribution < 1.29 is 9.90 Å². The molecule has 0 atom stereocenters. The summed E-state index contributed by atoms with van der Waals surface area (Å²) in [6.07, 6.45) is 3.90. The molecule has 104 valence electrons. The first kappa shape index (κ1) is 15.3. The number of benzene rings is 1. The van der Waals surface area contributed by atoms with Crippen LogP contribution < -0.4 is 4.90 Å². The van der Waals surface area contributed by atoms with Crippen LogP contribution in [0.4, 0.5) is 5.69 Å². The van der Waals surface area contributed by atoms with E-state index in [0.29, 0.717) is 6.04 Å². The number of aryl methyl sites for hydroxylation is 1. The summed E-state index contributed by atoms with van der Waals surface area (Å²) in [5, 5.41) is 8.63. The monoisotopic (exact) mass is 261 g/mol. The number of carboxylic acid groups (broad SMARTS) is 1. The number of hydrogen-bond acceptors (Lipinski definition) is 2. The van der Waals surface area contributed by atoms with Crippen LogP contribution in [0, 0.1) is 6.92 Å². The number of aliphatic carboxylic acids is 1. The summed E-state index contributed by atoms with van der Waals surface area (Å²) in [4.78, 5) is 12.9. The van der Waals surface area contributed by atoms with Gasteiger partial charge in [0.05, 0.1) is 0 Å². The van der Waals surface area contributed by atoms with E-state index in [9.17, 15) is 4.79 Å². The average Bonchev–Trinajstić information content (AvgIpc) is 2.34. The molecule has 0 fully saturated rings. The molecule has 1 aromatic carbocycles. The average molecular weight is 261 g/mol. The van der Waals surface area contributed by atoms with Gasteiger partial charge < -0.3 is 10.0 Å². The van der Waals surface area contributed by atoms with Gasteiger partial charge in [-0.05, 0) is 56.5 Å². The largest absolute Gasteiger partial charge is 0.478 e. The summed E-state index contributed by atoms with van der Waals surface area (Å²) in [7, 11) is 0. The summed E-state index contributed by atoms with van der Waals surface area (Å²) in [5.41, 5.74) is 3.32. The second kappa shape index (κ2) is 6.98. The van der Waals surface area contributed by atoms with Crippen molar-refractivity contribution in [3.05, 3.63) is 35.4 Å². The van der Waals surface area contributed by atoms with E-state index in [-0.39, 0.29) is 0 Å². The van der Waals surface area contributed by atoms with Crippen LogP contribution >= 0.6 is 0 Å². The Kier molecular flexibility index (Phi) is 5.61. The molecule has 3 heteroatoms. The molecule has 0 aliphatic heterocycles. The van der Waals surface area contributed by atoms with E-state index in [4.69, 9.17) is 5.11 Å². The number of rotatable bonds is 6. The molecule has 0 unspecified atom stereocenters. The minimum absolute atomic E-state index is 0.457. The van der Waals surface area contributed by atoms with Crippen LogP contribution in [0.5, 0.6) is 0 Å². The maximum atomic E-state index is 10.5. The van der Waals surface area contributed by atoms with Crippen LogP contribution in [0.25, 0.3) is 6.08 Å². The van der Waals surface area contributed by atoms with E-state index in [0.717, 1.165) is 18.5 Å². The normalized spacial score (nSPS) is 11.2. The number of carbonyl (C=O) groups is 1. The topological polar surface area (TPSA) is 40.5 Å². The molecule has 0 amide bonds. The molecule has 0 aliphatic carbocycles. The first-order valence-corrected chi connectivity index (χ1v) is 6.74. The van der Waals surface area contributed by atoms with Gasteiger partial charge in [-0.2, -0.15) is 0 Å². The summed E-state index contributed by atoms with van der Waals surface area (Å²) in [6.45, 7) is 9.65. The van der Waals surface area contributed by atoms with Crippen molar-refractivity contribution in [2.45, 2.75) is 40.2 Å². The van der Waals surface area contributed by atoms with Crippen molar-refractivity contribution in [1.82, 2.24) is 0 Å². The van der Waals surface area contributed by atoms with Gasteiger partial charge >= 0.3 is 5.97 Å². The van der Waals surface area contributed by atoms with Crippen LogP contribution in [0.3, 0.4) is 0 Å². The highest BCUT2D eigenvalue weighted by molar-refractivity contribution is 5.85. The maximum Gasteiger partial charge on any atom is 0.328 e. The third-order valence-corrected chi connectivity index (χ3v) is 3.04. The van der Waals surface area contributed by atoms with Crippen molar-refractivity contribution in [3.8, 4) is 0 Å². The Morgan fingerprint density at radius 3 is 2.58 bits per heavy atom. The molecule has 3 nitrogen and oxygen atoms in total. The van der Waals surface area contributed by atoms with Gasteiger partial charge in [0, 0.05) is 24.4 Å². The Morgan fingerprint density at radius 2 is 2.11 bits per heavy atom. The van der Waals surface area contributed by atoms with Crippen LogP contribution in [0.2, 0.25) is 0 Å². The minimum Gasteiger partial charge on any atom is -0.478 e. The zero-order valence-electron chi connectivity index (χ0n) is 12.2. The fourth-order valence-corrected chi connectivity index (χ4v) is 2.17. The first-order chi connectivity index (χ1) is 8.95. The van der Waals surface area contributed by atoms with Crippen LogP contribution in [-0.2, 0) is 4.79 Å². The lowest BCUT2D eigenvalue weighted by Gasteiger charge is -2.30. The van der Waals surface area contributed by atoms with E-state index in [2.05, 4.69) is 38.7 Å². The van der Waals surface area contributed by atoms with E-state index < -0.39 is 5.97 Å². The SMILES string of the molecule is CCCN(c1ccc(C=CC(=O)O)cc1C)C(C)C. The molecule has 0 bridgehead atoms. The highest BCUT2D eigenvalue weighted by Crippen LogP contribution is 2.24. The summed E-state index contributed by atoms with van der Waals surface area (Å²) < 4.78 is 0. The second-order valence-electron chi connectivity index (χ2n) is 5.00. The lowest BCUT2D eigenvalue weighted by molar-refractivity contribution is -0.131. The van der Waals surface area contributed by atoms with Gasteiger partial charge in [0.2, 0.25) is 0 Å².